The first-order chi connectivity index (χ1) is 12.2. The minimum absolute atomic E-state index is 0.179. The van der Waals surface area contributed by atoms with E-state index in [1.165, 1.54) is 42.5 Å². The fourth-order valence-corrected chi connectivity index (χ4v) is 2.08. The highest BCUT2D eigenvalue weighted by atomic mass is 19.1. The summed E-state index contributed by atoms with van der Waals surface area (Å²) in [6.07, 6.45) is 0. The molecular formula is C19H20FN3O3. The third kappa shape index (κ3) is 5.14. The molecule has 2 rings (SSSR count). The Kier molecular flexibility index (Phi) is 5.71. The molecule has 0 aliphatic heterocycles. The van der Waals surface area contributed by atoms with Crippen molar-refractivity contribution in [3.05, 3.63) is 71.0 Å². The number of hydrogen-bond acceptors (Lipinski definition) is 3. The molecule has 0 aliphatic rings. The standard InChI is InChI=1S/C19H20FN3O3/c1-19(2,3)21-16(24)12-8-10-13(11-9-12)17(25)22-23-18(26)14-6-4-5-7-15(14)20/h4-11H,1-3H3,(H,21,24)(H,22,25)(H,23,26). The molecule has 0 spiro atoms. The Balaban J connectivity index is 1.97. The first-order valence-corrected chi connectivity index (χ1v) is 7.95. The van der Waals surface area contributed by atoms with Crippen LogP contribution < -0.4 is 16.2 Å². The second-order valence-electron chi connectivity index (χ2n) is 6.67. The zero-order valence-corrected chi connectivity index (χ0v) is 14.7. The number of nitrogens with one attached hydrogen (secondary N) is 3. The van der Waals surface area contributed by atoms with E-state index < -0.39 is 17.6 Å². The van der Waals surface area contributed by atoms with Gasteiger partial charge in [0.1, 0.15) is 5.82 Å². The molecule has 0 unspecified atom stereocenters. The summed E-state index contributed by atoms with van der Waals surface area (Å²) in [6.45, 7) is 5.60. The number of benzene rings is 2. The molecule has 0 fully saturated rings. The Bertz CT molecular complexity index is 827. The van der Waals surface area contributed by atoms with Crippen molar-refractivity contribution in [2.24, 2.45) is 0 Å². The van der Waals surface area contributed by atoms with Crippen LogP contribution in [0, 0.1) is 5.82 Å². The molecule has 3 N–H and O–H groups in total. The van der Waals surface area contributed by atoms with Crippen LogP contribution in [0.5, 0.6) is 0 Å². The second kappa shape index (κ2) is 7.77. The van der Waals surface area contributed by atoms with Gasteiger partial charge in [0, 0.05) is 16.7 Å². The van der Waals surface area contributed by atoms with Crippen molar-refractivity contribution in [2.75, 3.05) is 0 Å². The predicted octanol–water partition coefficient (Wildman–Crippen LogP) is 2.43. The Morgan fingerprint density at radius 3 is 1.81 bits per heavy atom. The number of hydrogen-bond donors (Lipinski definition) is 3. The lowest BCUT2D eigenvalue weighted by atomic mass is 10.1. The van der Waals surface area contributed by atoms with Gasteiger partial charge in [0.15, 0.2) is 0 Å². The lowest BCUT2D eigenvalue weighted by Crippen LogP contribution is -2.42. The molecule has 7 heteroatoms. The van der Waals surface area contributed by atoms with Gasteiger partial charge in [-0.25, -0.2) is 4.39 Å². The van der Waals surface area contributed by atoms with E-state index in [1.807, 2.05) is 20.8 Å². The molecule has 0 saturated heterocycles. The van der Waals surface area contributed by atoms with Gasteiger partial charge in [-0.1, -0.05) is 12.1 Å². The maximum absolute atomic E-state index is 13.5. The highest BCUT2D eigenvalue weighted by Crippen LogP contribution is 2.08. The van der Waals surface area contributed by atoms with Gasteiger partial charge in [0.25, 0.3) is 17.7 Å². The van der Waals surface area contributed by atoms with Crippen LogP contribution in [0.15, 0.2) is 48.5 Å². The largest absolute Gasteiger partial charge is 0.347 e. The molecule has 2 aromatic rings. The van der Waals surface area contributed by atoms with E-state index in [9.17, 15) is 18.8 Å². The Labute approximate surface area is 150 Å². The van der Waals surface area contributed by atoms with Crippen molar-refractivity contribution in [1.29, 1.82) is 0 Å². The zero-order chi connectivity index (χ0) is 19.3. The van der Waals surface area contributed by atoms with Gasteiger partial charge >= 0.3 is 0 Å². The zero-order valence-electron chi connectivity index (χ0n) is 14.7. The molecule has 0 saturated carbocycles. The molecule has 0 atom stereocenters. The highest BCUT2D eigenvalue weighted by Gasteiger charge is 2.16. The Hall–Kier alpha value is -3.22. The molecule has 0 bridgehead atoms. The summed E-state index contributed by atoms with van der Waals surface area (Å²) >= 11 is 0. The van der Waals surface area contributed by atoms with E-state index in [0.29, 0.717) is 5.56 Å². The van der Waals surface area contributed by atoms with Gasteiger partial charge in [0.05, 0.1) is 5.56 Å². The first kappa shape index (κ1) is 19.1. The highest BCUT2D eigenvalue weighted by molar-refractivity contribution is 6.00. The molecule has 2 aromatic carbocycles. The first-order valence-electron chi connectivity index (χ1n) is 7.95. The maximum atomic E-state index is 13.5. The smallest absolute Gasteiger partial charge is 0.272 e. The molecule has 0 heterocycles. The van der Waals surface area contributed by atoms with E-state index in [-0.39, 0.29) is 22.6 Å². The molecule has 0 radical (unpaired) electrons. The molecule has 6 nitrogen and oxygen atoms in total. The van der Waals surface area contributed by atoms with Gasteiger partial charge in [-0.2, -0.15) is 0 Å². The lowest BCUT2D eigenvalue weighted by molar-refractivity contribution is 0.0844. The van der Waals surface area contributed by atoms with Crippen LogP contribution in [0.25, 0.3) is 0 Å². The Morgan fingerprint density at radius 2 is 1.27 bits per heavy atom. The number of carbonyl (C=O) groups is 3. The van der Waals surface area contributed by atoms with E-state index in [1.54, 1.807) is 0 Å². The van der Waals surface area contributed by atoms with Crippen LogP contribution in [-0.2, 0) is 0 Å². The van der Waals surface area contributed by atoms with Crippen LogP contribution in [0.2, 0.25) is 0 Å². The van der Waals surface area contributed by atoms with Crippen molar-refractivity contribution in [3.63, 3.8) is 0 Å². The lowest BCUT2D eigenvalue weighted by Gasteiger charge is -2.20. The van der Waals surface area contributed by atoms with Crippen molar-refractivity contribution in [1.82, 2.24) is 16.2 Å². The summed E-state index contributed by atoms with van der Waals surface area (Å²) in [5, 5.41) is 2.82. The Morgan fingerprint density at radius 1 is 0.769 bits per heavy atom. The summed E-state index contributed by atoms with van der Waals surface area (Å²) in [6, 6.07) is 11.4. The monoisotopic (exact) mass is 357 g/mol. The predicted molar refractivity (Wildman–Crippen MR) is 95.0 cm³/mol. The number of rotatable bonds is 3. The van der Waals surface area contributed by atoms with Crippen molar-refractivity contribution in [3.8, 4) is 0 Å². The maximum Gasteiger partial charge on any atom is 0.272 e. The van der Waals surface area contributed by atoms with E-state index >= 15 is 0 Å². The van der Waals surface area contributed by atoms with Crippen LogP contribution >= 0.6 is 0 Å². The number of hydrazine groups is 1. The van der Waals surface area contributed by atoms with Gasteiger partial charge in [0.2, 0.25) is 0 Å². The minimum Gasteiger partial charge on any atom is -0.347 e. The number of carbonyl (C=O) groups excluding carboxylic acids is 3. The van der Waals surface area contributed by atoms with E-state index in [4.69, 9.17) is 0 Å². The summed E-state index contributed by atoms with van der Waals surface area (Å²) in [5.74, 6) is -2.29. The third-order valence-electron chi connectivity index (χ3n) is 3.31. The summed E-state index contributed by atoms with van der Waals surface area (Å²) < 4.78 is 13.5. The van der Waals surface area contributed by atoms with Crippen LogP contribution in [0.3, 0.4) is 0 Å². The molecule has 3 amide bonds. The average Bonchev–Trinajstić information content (AvgIpc) is 2.58. The topological polar surface area (TPSA) is 87.3 Å². The summed E-state index contributed by atoms with van der Waals surface area (Å²) in [4.78, 5) is 36.0. The molecular weight excluding hydrogens is 337 g/mol. The van der Waals surface area contributed by atoms with Crippen LogP contribution in [0.4, 0.5) is 4.39 Å². The van der Waals surface area contributed by atoms with Crippen molar-refractivity contribution in [2.45, 2.75) is 26.3 Å². The van der Waals surface area contributed by atoms with Gasteiger partial charge in [-0.15, -0.1) is 0 Å². The molecule has 0 aromatic heterocycles. The summed E-state index contributed by atoms with van der Waals surface area (Å²) in [7, 11) is 0. The fourth-order valence-electron chi connectivity index (χ4n) is 2.08. The van der Waals surface area contributed by atoms with Gasteiger partial charge < -0.3 is 5.32 Å². The van der Waals surface area contributed by atoms with E-state index in [2.05, 4.69) is 16.2 Å². The van der Waals surface area contributed by atoms with Crippen LogP contribution in [-0.4, -0.2) is 23.3 Å². The quantitative estimate of drug-likeness (QED) is 0.737. The average molecular weight is 357 g/mol. The second-order valence-corrected chi connectivity index (χ2v) is 6.67. The normalized spacial score (nSPS) is 10.8. The molecule has 26 heavy (non-hydrogen) atoms. The van der Waals surface area contributed by atoms with E-state index in [0.717, 1.165) is 6.07 Å². The van der Waals surface area contributed by atoms with Crippen molar-refractivity contribution >= 4 is 17.7 Å². The SMILES string of the molecule is CC(C)(C)NC(=O)c1ccc(C(=O)NNC(=O)c2ccccc2F)cc1. The van der Waals surface area contributed by atoms with Gasteiger partial charge in [-0.3, -0.25) is 25.2 Å². The number of halogens is 1. The minimum atomic E-state index is -0.766. The molecule has 136 valence electrons. The fraction of sp³-hybridized carbons (Fsp3) is 0.211. The van der Waals surface area contributed by atoms with Gasteiger partial charge in [-0.05, 0) is 57.2 Å². The summed E-state index contributed by atoms with van der Waals surface area (Å²) in [5.41, 5.74) is 4.46. The number of amides is 3. The van der Waals surface area contributed by atoms with Crippen molar-refractivity contribution < 1.29 is 18.8 Å². The molecule has 0 aliphatic carbocycles. The van der Waals surface area contributed by atoms with Crippen LogP contribution in [0.1, 0.15) is 51.8 Å². The third-order valence-corrected chi connectivity index (χ3v) is 3.31.